The second kappa shape index (κ2) is 7.94. The molecule has 138 valence electrons. The van der Waals surface area contributed by atoms with Crippen molar-refractivity contribution < 1.29 is 9.59 Å². The van der Waals surface area contributed by atoms with Crippen molar-refractivity contribution in [2.24, 2.45) is 0 Å². The molecule has 8 heteroatoms. The smallest absolute Gasteiger partial charge is 0.251 e. The van der Waals surface area contributed by atoms with E-state index in [2.05, 4.69) is 15.6 Å². The van der Waals surface area contributed by atoms with Crippen molar-refractivity contribution >= 4 is 51.5 Å². The van der Waals surface area contributed by atoms with Gasteiger partial charge in [0.2, 0.25) is 5.91 Å². The standard InChI is InChI=1S/C18H19Cl2N3O2S/c1-11(24)23-18(7-3-2-4-8-18)16(25)22-17-21-15(10-26-17)13-6-5-12(19)9-14(13)20/h5-6,9-10H,2-4,7-8H2,1H3,(H,23,24)(H,21,22,25). The SMILES string of the molecule is CC(=O)NC1(C(=O)Nc2nc(-c3ccc(Cl)cc3Cl)cs2)CCCCC1. The molecule has 1 heterocycles. The van der Waals surface area contributed by atoms with Crippen LogP contribution < -0.4 is 10.6 Å². The number of hydrogen-bond acceptors (Lipinski definition) is 4. The summed E-state index contributed by atoms with van der Waals surface area (Å²) >= 11 is 13.5. The number of nitrogens with one attached hydrogen (secondary N) is 2. The van der Waals surface area contributed by atoms with Gasteiger partial charge in [-0.1, -0.05) is 42.5 Å². The minimum atomic E-state index is -0.853. The molecule has 0 aliphatic heterocycles. The molecule has 0 saturated heterocycles. The molecule has 26 heavy (non-hydrogen) atoms. The number of nitrogens with zero attached hydrogens (tertiary/aromatic N) is 1. The molecule has 5 nitrogen and oxygen atoms in total. The summed E-state index contributed by atoms with van der Waals surface area (Å²) in [5.41, 5.74) is 0.569. The highest BCUT2D eigenvalue weighted by Gasteiger charge is 2.40. The molecule has 0 bridgehead atoms. The fourth-order valence-corrected chi connectivity index (χ4v) is 4.48. The van der Waals surface area contributed by atoms with E-state index >= 15 is 0 Å². The monoisotopic (exact) mass is 411 g/mol. The molecular weight excluding hydrogens is 393 g/mol. The lowest BCUT2D eigenvalue weighted by atomic mass is 9.81. The van der Waals surface area contributed by atoms with Crippen molar-refractivity contribution in [3.63, 3.8) is 0 Å². The Hall–Kier alpha value is -1.63. The molecule has 0 spiro atoms. The highest BCUT2D eigenvalue weighted by atomic mass is 35.5. The van der Waals surface area contributed by atoms with Gasteiger partial charge in [0.15, 0.2) is 5.13 Å². The van der Waals surface area contributed by atoms with Crippen molar-refractivity contribution in [3.05, 3.63) is 33.6 Å². The average Bonchev–Trinajstić information content (AvgIpc) is 3.03. The first-order chi connectivity index (χ1) is 12.4. The number of rotatable bonds is 4. The lowest BCUT2D eigenvalue weighted by molar-refractivity contribution is -0.130. The van der Waals surface area contributed by atoms with Crippen LogP contribution in [-0.4, -0.2) is 22.3 Å². The Balaban J connectivity index is 1.79. The largest absolute Gasteiger partial charge is 0.342 e. The second-order valence-electron chi connectivity index (χ2n) is 6.44. The molecule has 2 N–H and O–H groups in total. The number of aromatic nitrogens is 1. The summed E-state index contributed by atoms with van der Waals surface area (Å²) in [5, 5.41) is 9.09. The van der Waals surface area contributed by atoms with Crippen molar-refractivity contribution in [3.8, 4) is 11.3 Å². The first-order valence-electron chi connectivity index (χ1n) is 8.41. The van der Waals surface area contributed by atoms with E-state index in [0.29, 0.717) is 33.7 Å². The Kier molecular flexibility index (Phi) is 5.85. The molecule has 1 aliphatic rings. The van der Waals surface area contributed by atoms with E-state index in [1.165, 1.54) is 18.3 Å². The fourth-order valence-electron chi connectivity index (χ4n) is 3.27. The van der Waals surface area contributed by atoms with Crippen molar-refractivity contribution in [2.45, 2.75) is 44.6 Å². The zero-order valence-electron chi connectivity index (χ0n) is 14.3. The van der Waals surface area contributed by atoms with Gasteiger partial charge in [-0.2, -0.15) is 0 Å². The van der Waals surface area contributed by atoms with Gasteiger partial charge in [-0.05, 0) is 31.0 Å². The van der Waals surface area contributed by atoms with E-state index in [9.17, 15) is 9.59 Å². The molecular formula is C18H19Cl2N3O2S. The first kappa shape index (κ1) is 19.1. The van der Waals surface area contributed by atoms with Crippen molar-refractivity contribution in [2.75, 3.05) is 5.32 Å². The van der Waals surface area contributed by atoms with Crippen molar-refractivity contribution in [1.29, 1.82) is 0 Å². The Bertz CT molecular complexity index is 832. The van der Waals surface area contributed by atoms with Crippen LogP contribution in [0.2, 0.25) is 10.0 Å². The van der Waals surface area contributed by atoms with E-state index in [0.717, 1.165) is 24.8 Å². The number of carbonyl (C=O) groups is 2. The van der Waals surface area contributed by atoms with Crippen LogP contribution in [0.15, 0.2) is 23.6 Å². The number of amides is 2. The van der Waals surface area contributed by atoms with Gasteiger partial charge in [-0.25, -0.2) is 4.98 Å². The maximum absolute atomic E-state index is 12.9. The lowest BCUT2D eigenvalue weighted by Crippen LogP contribution is -2.57. The third-order valence-corrected chi connectivity index (χ3v) is 5.79. The van der Waals surface area contributed by atoms with Crippen LogP contribution >= 0.6 is 34.5 Å². The van der Waals surface area contributed by atoms with Crippen LogP contribution in [0.4, 0.5) is 5.13 Å². The number of anilines is 1. The number of thiazole rings is 1. The summed E-state index contributed by atoms with van der Waals surface area (Å²) in [7, 11) is 0. The normalized spacial score (nSPS) is 16.1. The predicted octanol–water partition coefficient (Wildman–Crippen LogP) is 4.89. The van der Waals surface area contributed by atoms with Gasteiger partial charge in [0.05, 0.1) is 10.7 Å². The summed E-state index contributed by atoms with van der Waals surface area (Å²) in [6.45, 7) is 1.44. The van der Waals surface area contributed by atoms with E-state index in [1.807, 2.05) is 5.38 Å². The maximum atomic E-state index is 12.9. The van der Waals surface area contributed by atoms with Crippen molar-refractivity contribution in [1.82, 2.24) is 10.3 Å². The second-order valence-corrected chi connectivity index (χ2v) is 8.14. The zero-order valence-corrected chi connectivity index (χ0v) is 16.6. The molecule has 0 radical (unpaired) electrons. The Morgan fingerprint density at radius 1 is 1.19 bits per heavy atom. The molecule has 1 aliphatic carbocycles. The summed E-state index contributed by atoms with van der Waals surface area (Å²) in [4.78, 5) is 28.9. The summed E-state index contributed by atoms with van der Waals surface area (Å²) in [6, 6.07) is 5.20. The molecule has 0 unspecified atom stereocenters. The topological polar surface area (TPSA) is 71.1 Å². The number of halogens is 2. The molecule has 1 fully saturated rings. The van der Waals surface area contributed by atoms with Crippen LogP contribution in [0.25, 0.3) is 11.3 Å². The van der Waals surface area contributed by atoms with E-state index < -0.39 is 5.54 Å². The third kappa shape index (κ3) is 4.19. The highest BCUT2D eigenvalue weighted by Crippen LogP contribution is 2.34. The number of hydrogen-bond donors (Lipinski definition) is 2. The van der Waals surface area contributed by atoms with Gasteiger partial charge >= 0.3 is 0 Å². The lowest BCUT2D eigenvalue weighted by Gasteiger charge is -2.35. The Labute approximate surface area is 166 Å². The van der Waals surface area contributed by atoms with Gasteiger partial charge in [-0.3, -0.25) is 14.9 Å². The summed E-state index contributed by atoms with van der Waals surface area (Å²) in [5.74, 6) is -0.412. The predicted molar refractivity (Wildman–Crippen MR) is 106 cm³/mol. The number of benzene rings is 1. The average molecular weight is 412 g/mol. The Morgan fingerprint density at radius 2 is 1.92 bits per heavy atom. The van der Waals surface area contributed by atoms with Crippen LogP contribution in [0, 0.1) is 0 Å². The van der Waals surface area contributed by atoms with Crippen LogP contribution in [0.3, 0.4) is 0 Å². The number of carbonyl (C=O) groups excluding carboxylic acids is 2. The van der Waals surface area contributed by atoms with E-state index in [-0.39, 0.29) is 11.8 Å². The van der Waals surface area contributed by atoms with Gasteiger partial charge < -0.3 is 5.32 Å². The van der Waals surface area contributed by atoms with Crippen LogP contribution in [-0.2, 0) is 9.59 Å². The van der Waals surface area contributed by atoms with Gasteiger partial charge in [0.25, 0.3) is 5.91 Å². The summed E-state index contributed by atoms with van der Waals surface area (Å²) < 4.78 is 0. The van der Waals surface area contributed by atoms with Crippen LogP contribution in [0.1, 0.15) is 39.0 Å². The van der Waals surface area contributed by atoms with Gasteiger partial charge in [0, 0.05) is 22.9 Å². The minimum Gasteiger partial charge on any atom is -0.342 e. The van der Waals surface area contributed by atoms with Gasteiger partial charge in [0.1, 0.15) is 5.54 Å². The van der Waals surface area contributed by atoms with E-state index in [4.69, 9.17) is 23.2 Å². The third-order valence-electron chi connectivity index (χ3n) is 4.49. The molecule has 1 aromatic carbocycles. The molecule has 1 aromatic heterocycles. The van der Waals surface area contributed by atoms with Crippen LogP contribution in [0.5, 0.6) is 0 Å². The van der Waals surface area contributed by atoms with Gasteiger partial charge in [-0.15, -0.1) is 11.3 Å². The fraction of sp³-hybridized carbons (Fsp3) is 0.389. The summed E-state index contributed by atoms with van der Waals surface area (Å²) in [6.07, 6.45) is 4.18. The zero-order chi connectivity index (χ0) is 18.7. The minimum absolute atomic E-state index is 0.199. The highest BCUT2D eigenvalue weighted by molar-refractivity contribution is 7.14. The quantitative estimate of drug-likeness (QED) is 0.751. The first-order valence-corrected chi connectivity index (χ1v) is 10.0. The molecule has 2 aromatic rings. The molecule has 0 atom stereocenters. The molecule has 2 amide bonds. The maximum Gasteiger partial charge on any atom is 0.251 e. The molecule has 3 rings (SSSR count). The molecule has 1 saturated carbocycles. The Morgan fingerprint density at radius 3 is 2.58 bits per heavy atom. The van der Waals surface area contributed by atoms with E-state index in [1.54, 1.807) is 18.2 Å².